The zero-order valence-electron chi connectivity index (χ0n) is 5.02. The van der Waals surface area contributed by atoms with E-state index in [0.717, 1.165) is 13.7 Å². The Morgan fingerprint density at radius 3 is 2.57 bits per heavy atom. The molecule has 0 aromatic heterocycles. The molecule has 0 saturated carbocycles. The fraction of sp³-hybridized carbons (Fsp3) is 0.667. The Labute approximate surface area is 47.0 Å². The second kappa shape index (κ2) is 4.33. The Kier molecular flexibility index (Phi) is 4.44. The van der Waals surface area contributed by atoms with Crippen LogP contribution >= 0.6 is 7.83 Å². The number of rotatable bonds is 2. The van der Waals surface area contributed by atoms with Crippen molar-refractivity contribution in [1.82, 2.24) is 0 Å². The van der Waals surface area contributed by atoms with E-state index in [1.807, 2.05) is 0 Å². The summed E-state index contributed by atoms with van der Waals surface area (Å²) in [4.78, 5) is 0. The molecule has 1 heteroatoms. The van der Waals surface area contributed by atoms with Gasteiger partial charge in [0.05, 0.1) is 0 Å². The summed E-state index contributed by atoms with van der Waals surface area (Å²) < 4.78 is 0. The average Bonchev–Trinajstić information content (AvgIpc) is 1.68. The minimum absolute atomic E-state index is 0.749. The van der Waals surface area contributed by atoms with E-state index in [1.54, 1.807) is 0 Å². The van der Waals surface area contributed by atoms with Gasteiger partial charge in [0.1, 0.15) is 0 Å². The maximum absolute atomic E-state index is 3.69. The summed E-state index contributed by atoms with van der Waals surface area (Å²) in [6, 6.07) is 0. The van der Waals surface area contributed by atoms with E-state index in [4.69, 9.17) is 0 Å². The second-order valence-corrected chi connectivity index (χ2v) is 2.38. The maximum atomic E-state index is 3.69. The van der Waals surface area contributed by atoms with Crippen LogP contribution in [0.1, 0.15) is 20.3 Å². The molecule has 0 spiro atoms. The van der Waals surface area contributed by atoms with Gasteiger partial charge in [-0.25, -0.2) is 0 Å². The molecule has 0 bridgehead atoms. The third-order valence-electron chi connectivity index (χ3n) is 1.00. The first-order chi connectivity index (χ1) is 3.31. The summed E-state index contributed by atoms with van der Waals surface area (Å²) in [6.07, 6.45) is 4.93. The van der Waals surface area contributed by atoms with Gasteiger partial charge in [0.2, 0.25) is 0 Å². The molecule has 0 rings (SSSR count). The monoisotopic (exact) mass is 115 g/mol. The molecule has 0 radical (unpaired) electrons. The van der Waals surface area contributed by atoms with E-state index in [1.165, 1.54) is 6.42 Å². The predicted molar refractivity (Wildman–Crippen MR) is 39.6 cm³/mol. The molecule has 0 aromatic rings. The predicted octanol–water partition coefficient (Wildman–Crippen LogP) is 2.21. The molecule has 0 saturated heterocycles. The van der Waals surface area contributed by atoms with Gasteiger partial charge < -0.3 is 0 Å². The van der Waals surface area contributed by atoms with Crippen LogP contribution in [0.4, 0.5) is 0 Å². The summed E-state index contributed by atoms with van der Waals surface area (Å²) in [6.45, 7) is 4.39. The Bertz CT molecular complexity index is 80.2. The molecule has 1 unspecified atom stereocenters. The molecule has 0 aromatic carbocycles. The average molecular weight is 115 g/mol. The molecule has 0 aliphatic carbocycles. The van der Waals surface area contributed by atoms with Crippen molar-refractivity contribution >= 4 is 19.9 Å². The van der Waals surface area contributed by atoms with Crippen LogP contribution in [0, 0.1) is 5.92 Å². The molecule has 0 aliphatic heterocycles. The summed E-state index contributed by atoms with van der Waals surface area (Å²) in [5.74, 6) is 2.96. The quantitative estimate of drug-likeness (QED) is 0.484. The van der Waals surface area contributed by atoms with Gasteiger partial charge in [-0.2, -0.15) is 0 Å². The van der Waals surface area contributed by atoms with E-state index < -0.39 is 0 Å². The van der Waals surface area contributed by atoms with Gasteiger partial charge in [0.15, 0.2) is 0 Å². The molecular formula is C6H12P+. The zero-order chi connectivity index (χ0) is 5.70. The van der Waals surface area contributed by atoms with Crippen LogP contribution in [0.15, 0.2) is 0 Å². The van der Waals surface area contributed by atoms with Crippen LogP contribution in [0.25, 0.3) is 0 Å². The Hall–Kier alpha value is 0.170. The fourth-order valence-electron chi connectivity index (χ4n) is 0.285. The van der Waals surface area contributed by atoms with Crippen molar-refractivity contribution in [3.63, 3.8) is 0 Å². The van der Waals surface area contributed by atoms with Crippen molar-refractivity contribution in [3.05, 3.63) is 0 Å². The third kappa shape index (κ3) is 4.01. The fourth-order valence-corrected chi connectivity index (χ4v) is 0.856. The van der Waals surface area contributed by atoms with Crippen molar-refractivity contribution < 1.29 is 0 Å². The first kappa shape index (κ1) is 7.17. The SMILES string of the molecule is C=[P+]=CC(C)CC. The molecule has 7 heavy (non-hydrogen) atoms. The topological polar surface area (TPSA) is 0 Å². The van der Waals surface area contributed by atoms with Gasteiger partial charge in [0.25, 0.3) is 0 Å². The van der Waals surface area contributed by atoms with Crippen LogP contribution in [-0.4, -0.2) is 12.1 Å². The molecular weight excluding hydrogens is 103 g/mol. The van der Waals surface area contributed by atoms with Crippen LogP contribution in [0.2, 0.25) is 0 Å². The van der Waals surface area contributed by atoms with Gasteiger partial charge in [-0.1, -0.05) is 0 Å². The molecule has 0 aliphatic rings. The number of hydrogen-bond acceptors (Lipinski definition) is 0. The molecule has 40 valence electrons. The van der Waals surface area contributed by atoms with Crippen molar-refractivity contribution in [1.29, 1.82) is 0 Å². The summed E-state index contributed by atoms with van der Waals surface area (Å²) in [5.41, 5.74) is 0. The first-order valence-corrected chi connectivity index (χ1v) is 3.75. The van der Waals surface area contributed by atoms with Gasteiger partial charge in [-0.05, 0) is 0 Å². The van der Waals surface area contributed by atoms with E-state index >= 15 is 0 Å². The normalized spacial score (nSPS) is 12.9. The zero-order valence-corrected chi connectivity index (χ0v) is 5.91. The summed E-state index contributed by atoms with van der Waals surface area (Å²) in [7, 11) is 1.16. The standard InChI is InChI=1S/C6H12P/c1-4-6(2)5-7-3/h5-6H,3-4H2,1-2H3/q+1. The van der Waals surface area contributed by atoms with E-state index in [0.29, 0.717) is 0 Å². The Balaban J connectivity index is 3.35. The van der Waals surface area contributed by atoms with Crippen LogP contribution in [-0.2, 0) is 0 Å². The van der Waals surface area contributed by atoms with E-state index in [9.17, 15) is 0 Å². The van der Waals surface area contributed by atoms with Crippen molar-refractivity contribution in [3.8, 4) is 0 Å². The molecule has 0 N–H and O–H groups in total. The Morgan fingerprint density at radius 2 is 2.43 bits per heavy atom. The molecule has 0 fully saturated rings. The minimum atomic E-state index is 0.749. The number of hydrogen-bond donors (Lipinski definition) is 0. The molecule has 0 amide bonds. The Morgan fingerprint density at radius 1 is 1.86 bits per heavy atom. The van der Waals surface area contributed by atoms with Crippen LogP contribution in [0.3, 0.4) is 0 Å². The molecule has 0 heterocycles. The van der Waals surface area contributed by atoms with Crippen molar-refractivity contribution in [2.24, 2.45) is 5.92 Å². The first-order valence-electron chi connectivity index (χ1n) is 2.60. The summed E-state index contributed by atoms with van der Waals surface area (Å²) >= 11 is 0. The van der Waals surface area contributed by atoms with Gasteiger partial charge in [-0.3, -0.25) is 0 Å². The van der Waals surface area contributed by atoms with Crippen molar-refractivity contribution in [2.75, 3.05) is 0 Å². The molecule has 0 nitrogen and oxygen atoms in total. The third-order valence-corrected chi connectivity index (χ3v) is 1.72. The summed E-state index contributed by atoms with van der Waals surface area (Å²) in [5, 5.41) is 0. The van der Waals surface area contributed by atoms with Gasteiger partial charge in [-0.15, -0.1) is 0 Å². The van der Waals surface area contributed by atoms with Gasteiger partial charge >= 0.3 is 46.1 Å². The van der Waals surface area contributed by atoms with Gasteiger partial charge in [0, 0.05) is 0 Å². The van der Waals surface area contributed by atoms with E-state index in [-0.39, 0.29) is 0 Å². The van der Waals surface area contributed by atoms with Crippen LogP contribution in [0.5, 0.6) is 0 Å². The molecule has 1 atom stereocenters. The van der Waals surface area contributed by atoms with Crippen molar-refractivity contribution in [2.45, 2.75) is 20.3 Å². The van der Waals surface area contributed by atoms with E-state index in [2.05, 4.69) is 25.9 Å². The van der Waals surface area contributed by atoms with Crippen LogP contribution < -0.4 is 0 Å². The second-order valence-electron chi connectivity index (χ2n) is 1.72.